The highest BCUT2D eigenvalue weighted by Crippen LogP contribution is 2.46. The van der Waals surface area contributed by atoms with Crippen LogP contribution >= 0.6 is 11.8 Å². The summed E-state index contributed by atoms with van der Waals surface area (Å²) in [6, 6.07) is 7.77. The molecule has 5 heteroatoms. The van der Waals surface area contributed by atoms with E-state index in [9.17, 15) is 4.79 Å². The second-order valence-electron chi connectivity index (χ2n) is 6.24. The van der Waals surface area contributed by atoms with Crippen LogP contribution < -0.4 is 5.32 Å². The van der Waals surface area contributed by atoms with Crippen LogP contribution in [0.15, 0.2) is 41.6 Å². The molecule has 1 aliphatic rings. The number of aryl methyl sites for hydroxylation is 1. The lowest BCUT2D eigenvalue weighted by atomic mass is 10.1. The van der Waals surface area contributed by atoms with Crippen LogP contribution in [0.3, 0.4) is 0 Å². The number of carbonyl (C=O) groups excluding carboxylic acids is 1. The summed E-state index contributed by atoms with van der Waals surface area (Å²) in [5.41, 5.74) is 0.940. The van der Waals surface area contributed by atoms with Crippen molar-refractivity contribution in [2.45, 2.75) is 37.6 Å². The molecular formula is C18H23N3OS. The first kappa shape index (κ1) is 16.1. The molecule has 0 aliphatic heterocycles. The van der Waals surface area contributed by atoms with Crippen molar-refractivity contribution in [2.75, 3.05) is 12.8 Å². The standard InChI is InChI=1S/C18H23N3OS/c1-3-16-19-10-11-21(16)13-18(8-9-18)12-20-17(22)14-4-6-15(23-2)7-5-14/h4-7,10-11H,3,8-9,12-13H2,1-2H3,(H,20,22). The Morgan fingerprint density at radius 3 is 2.70 bits per heavy atom. The zero-order valence-corrected chi connectivity index (χ0v) is 14.5. The fraction of sp³-hybridized carbons (Fsp3) is 0.444. The summed E-state index contributed by atoms with van der Waals surface area (Å²) in [5, 5.41) is 3.11. The maximum Gasteiger partial charge on any atom is 0.251 e. The highest BCUT2D eigenvalue weighted by atomic mass is 32.2. The maximum absolute atomic E-state index is 12.3. The first-order chi connectivity index (χ1) is 11.2. The minimum absolute atomic E-state index is 0.0188. The van der Waals surface area contributed by atoms with Gasteiger partial charge in [0.25, 0.3) is 5.91 Å². The molecule has 3 rings (SSSR count). The molecule has 1 heterocycles. The monoisotopic (exact) mass is 329 g/mol. The Bertz CT molecular complexity index is 674. The number of aromatic nitrogens is 2. The number of hydrogen-bond donors (Lipinski definition) is 1. The minimum atomic E-state index is 0.0188. The van der Waals surface area contributed by atoms with Gasteiger partial charge in [0.2, 0.25) is 0 Å². The maximum atomic E-state index is 12.3. The van der Waals surface area contributed by atoms with Crippen molar-refractivity contribution in [3.05, 3.63) is 48.0 Å². The smallest absolute Gasteiger partial charge is 0.251 e. The quantitative estimate of drug-likeness (QED) is 0.792. The van der Waals surface area contributed by atoms with Gasteiger partial charge >= 0.3 is 0 Å². The van der Waals surface area contributed by atoms with Crippen molar-refractivity contribution in [3.63, 3.8) is 0 Å². The lowest BCUT2D eigenvalue weighted by Gasteiger charge is -2.18. The third kappa shape index (κ3) is 3.78. The van der Waals surface area contributed by atoms with Crippen LogP contribution in [0, 0.1) is 5.41 Å². The van der Waals surface area contributed by atoms with Crippen LogP contribution in [0.4, 0.5) is 0 Å². The molecule has 2 aromatic rings. The van der Waals surface area contributed by atoms with Gasteiger partial charge in [0.05, 0.1) is 0 Å². The molecular weight excluding hydrogens is 306 g/mol. The van der Waals surface area contributed by atoms with Crippen LogP contribution in [0.1, 0.15) is 35.9 Å². The number of thioether (sulfide) groups is 1. The number of imidazole rings is 1. The van der Waals surface area contributed by atoms with Gasteiger partial charge in [-0.25, -0.2) is 4.98 Å². The van der Waals surface area contributed by atoms with Gasteiger partial charge in [0.1, 0.15) is 5.82 Å². The molecule has 1 aliphatic carbocycles. The molecule has 0 radical (unpaired) electrons. The van der Waals surface area contributed by atoms with E-state index in [1.807, 2.05) is 42.9 Å². The number of rotatable bonds is 7. The topological polar surface area (TPSA) is 46.9 Å². The second-order valence-corrected chi connectivity index (χ2v) is 7.12. The summed E-state index contributed by atoms with van der Waals surface area (Å²) in [6.45, 7) is 3.80. The zero-order chi connectivity index (χ0) is 16.3. The Hall–Kier alpha value is -1.75. The van der Waals surface area contributed by atoms with E-state index in [1.165, 1.54) is 17.7 Å². The molecule has 1 saturated carbocycles. The van der Waals surface area contributed by atoms with Crippen LogP contribution in [0.5, 0.6) is 0 Å². The molecule has 1 amide bonds. The first-order valence-electron chi connectivity index (χ1n) is 8.08. The normalized spacial score (nSPS) is 15.4. The molecule has 1 aromatic carbocycles. The largest absolute Gasteiger partial charge is 0.351 e. The number of carbonyl (C=O) groups is 1. The Morgan fingerprint density at radius 2 is 2.09 bits per heavy atom. The molecule has 0 atom stereocenters. The van der Waals surface area contributed by atoms with E-state index in [1.54, 1.807) is 11.8 Å². The first-order valence-corrected chi connectivity index (χ1v) is 9.30. The Balaban J connectivity index is 1.57. The summed E-state index contributed by atoms with van der Waals surface area (Å²) >= 11 is 1.68. The highest BCUT2D eigenvalue weighted by molar-refractivity contribution is 7.98. The Morgan fingerprint density at radius 1 is 1.35 bits per heavy atom. The highest BCUT2D eigenvalue weighted by Gasteiger charge is 2.43. The fourth-order valence-electron chi connectivity index (χ4n) is 2.84. The summed E-state index contributed by atoms with van der Waals surface area (Å²) in [7, 11) is 0. The minimum Gasteiger partial charge on any atom is -0.351 e. The molecule has 0 saturated heterocycles. The summed E-state index contributed by atoms with van der Waals surface area (Å²) in [4.78, 5) is 17.9. The molecule has 1 N–H and O–H groups in total. The summed E-state index contributed by atoms with van der Waals surface area (Å²) in [6.07, 6.45) is 9.21. The molecule has 1 fully saturated rings. The molecule has 0 spiro atoms. The van der Waals surface area contributed by atoms with E-state index in [0.29, 0.717) is 0 Å². The summed E-state index contributed by atoms with van der Waals surface area (Å²) < 4.78 is 2.23. The van der Waals surface area contributed by atoms with Crippen LogP contribution in [0.25, 0.3) is 0 Å². The number of benzene rings is 1. The number of nitrogens with one attached hydrogen (secondary N) is 1. The second kappa shape index (κ2) is 6.79. The van der Waals surface area contributed by atoms with Gasteiger partial charge < -0.3 is 9.88 Å². The summed E-state index contributed by atoms with van der Waals surface area (Å²) in [5.74, 6) is 1.14. The van der Waals surface area contributed by atoms with Gasteiger partial charge in [-0.05, 0) is 43.4 Å². The van der Waals surface area contributed by atoms with Crippen molar-refractivity contribution in [1.29, 1.82) is 0 Å². The van der Waals surface area contributed by atoms with E-state index in [4.69, 9.17) is 0 Å². The van der Waals surface area contributed by atoms with Crippen LogP contribution in [-0.4, -0.2) is 28.3 Å². The van der Waals surface area contributed by atoms with E-state index < -0.39 is 0 Å². The Labute approximate surface area is 141 Å². The molecule has 1 aromatic heterocycles. The molecule has 0 bridgehead atoms. The van der Waals surface area contributed by atoms with Crippen LogP contribution in [-0.2, 0) is 13.0 Å². The van der Waals surface area contributed by atoms with Gasteiger partial charge in [-0.1, -0.05) is 6.92 Å². The lowest BCUT2D eigenvalue weighted by Crippen LogP contribution is -2.32. The zero-order valence-electron chi connectivity index (χ0n) is 13.7. The third-order valence-electron chi connectivity index (χ3n) is 4.56. The lowest BCUT2D eigenvalue weighted by molar-refractivity contribution is 0.0943. The molecule has 4 nitrogen and oxygen atoms in total. The van der Waals surface area contributed by atoms with Gasteiger partial charge in [-0.2, -0.15) is 0 Å². The van der Waals surface area contributed by atoms with Gasteiger partial charge in [0, 0.05) is 47.8 Å². The van der Waals surface area contributed by atoms with Crippen molar-refractivity contribution in [2.24, 2.45) is 5.41 Å². The van der Waals surface area contributed by atoms with Crippen molar-refractivity contribution >= 4 is 17.7 Å². The average molecular weight is 329 g/mol. The predicted molar refractivity (Wildman–Crippen MR) is 93.8 cm³/mol. The van der Waals surface area contributed by atoms with Crippen LogP contribution in [0.2, 0.25) is 0 Å². The average Bonchev–Trinajstić information content (AvgIpc) is 3.21. The van der Waals surface area contributed by atoms with Gasteiger partial charge in [-0.15, -0.1) is 11.8 Å². The van der Waals surface area contributed by atoms with Crippen molar-refractivity contribution < 1.29 is 4.79 Å². The van der Waals surface area contributed by atoms with Gasteiger partial charge in [-0.3, -0.25) is 4.79 Å². The predicted octanol–water partition coefficient (Wildman–Crippen LogP) is 3.38. The number of amides is 1. The number of nitrogens with zero attached hydrogens (tertiary/aromatic N) is 2. The molecule has 0 unspecified atom stereocenters. The molecule has 23 heavy (non-hydrogen) atoms. The van der Waals surface area contributed by atoms with E-state index >= 15 is 0 Å². The van der Waals surface area contributed by atoms with E-state index in [0.717, 1.165) is 30.9 Å². The van der Waals surface area contributed by atoms with Gasteiger partial charge in [0.15, 0.2) is 0 Å². The Kier molecular flexibility index (Phi) is 4.76. The van der Waals surface area contributed by atoms with E-state index in [2.05, 4.69) is 21.8 Å². The fourth-order valence-corrected chi connectivity index (χ4v) is 3.25. The third-order valence-corrected chi connectivity index (χ3v) is 5.30. The number of hydrogen-bond acceptors (Lipinski definition) is 3. The molecule has 122 valence electrons. The van der Waals surface area contributed by atoms with Crippen molar-refractivity contribution in [1.82, 2.24) is 14.9 Å². The SMILES string of the molecule is CCc1nccn1CC1(CNC(=O)c2ccc(SC)cc2)CC1. The van der Waals surface area contributed by atoms with E-state index in [-0.39, 0.29) is 11.3 Å². The van der Waals surface area contributed by atoms with Crippen molar-refractivity contribution in [3.8, 4) is 0 Å².